The summed E-state index contributed by atoms with van der Waals surface area (Å²) in [6.07, 6.45) is 0.495. The first kappa shape index (κ1) is 15.3. The Morgan fingerprint density at radius 1 is 1.22 bits per heavy atom. The first-order chi connectivity index (χ1) is 11.0. The van der Waals surface area contributed by atoms with Crippen molar-refractivity contribution in [2.45, 2.75) is 33.7 Å². The molecule has 0 amide bonds. The maximum Gasteiger partial charge on any atom is 0.366 e. The number of hydrogen-bond donors (Lipinski definition) is 0. The van der Waals surface area contributed by atoms with E-state index in [4.69, 9.17) is 0 Å². The van der Waals surface area contributed by atoms with Crippen LogP contribution in [0.5, 0.6) is 0 Å². The minimum absolute atomic E-state index is 0.0521. The van der Waals surface area contributed by atoms with Crippen LogP contribution in [0, 0.1) is 13.8 Å². The molecular formula is C14H16N6O2S. The quantitative estimate of drug-likeness (QED) is 0.690. The second-order valence-electron chi connectivity index (χ2n) is 5.23. The summed E-state index contributed by atoms with van der Waals surface area (Å²) < 4.78 is 4.24. The number of aromatic nitrogens is 6. The van der Waals surface area contributed by atoms with E-state index in [1.165, 1.54) is 16.3 Å². The molecular weight excluding hydrogens is 316 g/mol. The van der Waals surface area contributed by atoms with Gasteiger partial charge >= 0.3 is 5.69 Å². The molecule has 0 spiro atoms. The number of carbonyl (C=O) groups excluding carboxylic acids is 1. The van der Waals surface area contributed by atoms with Gasteiger partial charge in [0.05, 0.1) is 0 Å². The maximum atomic E-state index is 12.7. The minimum atomic E-state index is -0.377. The third kappa shape index (κ3) is 2.87. The fourth-order valence-corrected chi connectivity index (χ4v) is 3.09. The molecule has 23 heavy (non-hydrogen) atoms. The third-order valence-corrected chi connectivity index (χ3v) is 4.20. The molecule has 8 nitrogen and oxygen atoms in total. The van der Waals surface area contributed by atoms with Gasteiger partial charge in [0.25, 0.3) is 0 Å². The summed E-state index contributed by atoms with van der Waals surface area (Å²) in [5.41, 5.74) is -0.377. The first-order valence-corrected chi connectivity index (χ1v) is 7.95. The summed E-state index contributed by atoms with van der Waals surface area (Å²) in [7, 11) is 0. The van der Waals surface area contributed by atoms with E-state index in [0.29, 0.717) is 23.9 Å². The number of aryl methyl sites for hydroxylation is 2. The lowest BCUT2D eigenvalue weighted by Gasteiger charge is -2.08. The van der Waals surface area contributed by atoms with E-state index >= 15 is 0 Å². The number of thiophene rings is 1. The molecule has 120 valence electrons. The highest BCUT2D eigenvalue weighted by atomic mass is 32.1. The zero-order valence-corrected chi connectivity index (χ0v) is 13.9. The molecule has 3 aromatic rings. The fraction of sp³-hybridized carbons (Fsp3) is 0.357. The van der Waals surface area contributed by atoms with Crippen molar-refractivity contribution < 1.29 is 4.79 Å². The van der Waals surface area contributed by atoms with Crippen LogP contribution in [-0.2, 0) is 17.8 Å². The van der Waals surface area contributed by atoms with Crippen molar-refractivity contribution in [1.82, 2.24) is 29.3 Å². The van der Waals surface area contributed by atoms with E-state index in [1.807, 2.05) is 17.5 Å². The lowest BCUT2D eigenvalue weighted by Crippen LogP contribution is -2.32. The standard InChI is InChI=1S/C14H16N6O2S/c1-9(21)8-18-14(22)20(19-10(2)15-16-11(19)3)13(17-18)7-12-5-4-6-23-12/h4-6H,7-8H2,1-3H3. The number of rotatable bonds is 5. The van der Waals surface area contributed by atoms with Gasteiger partial charge < -0.3 is 0 Å². The van der Waals surface area contributed by atoms with Crippen LogP contribution >= 0.6 is 11.3 Å². The van der Waals surface area contributed by atoms with Crippen molar-refractivity contribution >= 4 is 17.1 Å². The Hall–Kier alpha value is -2.55. The van der Waals surface area contributed by atoms with Crippen LogP contribution in [0.1, 0.15) is 29.3 Å². The van der Waals surface area contributed by atoms with Gasteiger partial charge in [-0.15, -0.1) is 21.5 Å². The smallest absolute Gasteiger partial charge is 0.298 e. The first-order valence-electron chi connectivity index (χ1n) is 7.07. The lowest BCUT2D eigenvalue weighted by atomic mass is 10.3. The molecule has 0 aliphatic heterocycles. The number of Topliss-reactive ketones (excluding diaryl/α,β-unsaturated/α-hetero) is 1. The van der Waals surface area contributed by atoms with E-state index in [2.05, 4.69) is 15.3 Å². The average molecular weight is 332 g/mol. The topological polar surface area (TPSA) is 87.6 Å². The zero-order chi connectivity index (χ0) is 16.6. The second kappa shape index (κ2) is 5.92. The summed E-state index contributed by atoms with van der Waals surface area (Å²) >= 11 is 1.59. The van der Waals surface area contributed by atoms with Crippen molar-refractivity contribution in [1.29, 1.82) is 0 Å². The van der Waals surface area contributed by atoms with Crippen LogP contribution in [0.25, 0.3) is 0 Å². The monoisotopic (exact) mass is 332 g/mol. The van der Waals surface area contributed by atoms with Crippen molar-refractivity contribution in [3.63, 3.8) is 0 Å². The molecule has 0 saturated heterocycles. The molecule has 0 aliphatic rings. The van der Waals surface area contributed by atoms with Gasteiger partial charge in [0, 0.05) is 11.3 Å². The van der Waals surface area contributed by atoms with Gasteiger partial charge in [-0.2, -0.15) is 9.77 Å². The van der Waals surface area contributed by atoms with Gasteiger partial charge in [-0.25, -0.2) is 14.2 Å². The van der Waals surface area contributed by atoms with E-state index in [9.17, 15) is 9.59 Å². The lowest BCUT2D eigenvalue weighted by molar-refractivity contribution is -0.117. The number of hydrogen-bond acceptors (Lipinski definition) is 6. The van der Waals surface area contributed by atoms with Crippen LogP contribution < -0.4 is 5.69 Å². The van der Waals surface area contributed by atoms with Crippen LogP contribution in [0.15, 0.2) is 22.3 Å². The second-order valence-corrected chi connectivity index (χ2v) is 6.26. The van der Waals surface area contributed by atoms with E-state index < -0.39 is 0 Å². The summed E-state index contributed by atoms with van der Waals surface area (Å²) in [5.74, 6) is 1.58. The van der Waals surface area contributed by atoms with Crippen LogP contribution in [0.2, 0.25) is 0 Å². The third-order valence-electron chi connectivity index (χ3n) is 3.32. The predicted octanol–water partition coefficient (Wildman–Crippen LogP) is 0.806. The highest BCUT2D eigenvalue weighted by molar-refractivity contribution is 7.09. The summed E-state index contributed by atoms with van der Waals surface area (Å²) in [5, 5.41) is 14.3. The summed E-state index contributed by atoms with van der Waals surface area (Å²) in [6, 6.07) is 3.93. The molecule has 0 radical (unpaired) electrons. The molecule has 3 aromatic heterocycles. The number of carbonyl (C=O) groups is 1. The average Bonchev–Trinajstić information content (AvgIpc) is 3.16. The fourth-order valence-electron chi connectivity index (χ4n) is 2.39. The SMILES string of the molecule is CC(=O)Cn1nc(Cc2cccs2)n(-n2c(C)nnc2C)c1=O. The summed E-state index contributed by atoms with van der Waals surface area (Å²) in [4.78, 5) is 25.2. The Morgan fingerprint density at radius 2 is 1.91 bits per heavy atom. The molecule has 3 rings (SSSR count). The van der Waals surface area contributed by atoms with Gasteiger partial charge in [-0.3, -0.25) is 4.79 Å². The van der Waals surface area contributed by atoms with Crippen molar-refractivity contribution in [3.05, 3.63) is 50.3 Å². The summed E-state index contributed by atoms with van der Waals surface area (Å²) in [6.45, 7) is 4.91. The predicted molar refractivity (Wildman–Crippen MR) is 84.6 cm³/mol. The Kier molecular flexibility index (Phi) is 3.95. The van der Waals surface area contributed by atoms with Crippen molar-refractivity contribution in [2.75, 3.05) is 0 Å². The van der Waals surface area contributed by atoms with Crippen molar-refractivity contribution in [3.8, 4) is 0 Å². The van der Waals surface area contributed by atoms with Gasteiger partial charge in [0.1, 0.15) is 18.2 Å². The molecule has 0 N–H and O–H groups in total. The van der Waals surface area contributed by atoms with Crippen molar-refractivity contribution in [2.24, 2.45) is 0 Å². The highest BCUT2D eigenvalue weighted by Crippen LogP contribution is 2.14. The van der Waals surface area contributed by atoms with E-state index in [-0.39, 0.29) is 18.0 Å². The maximum absolute atomic E-state index is 12.7. The van der Waals surface area contributed by atoms with Gasteiger partial charge in [-0.1, -0.05) is 6.07 Å². The van der Waals surface area contributed by atoms with E-state index in [1.54, 1.807) is 29.9 Å². The number of ketones is 1. The minimum Gasteiger partial charge on any atom is -0.298 e. The molecule has 0 bridgehead atoms. The van der Waals surface area contributed by atoms with Gasteiger partial charge in [0.2, 0.25) is 0 Å². The van der Waals surface area contributed by atoms with Gasteiger partial charge in [-0.05, 0) is 32.2 Å². The molecule has 0 aromatic carbocycles. The Balaban J connectivity index is 2.17. The molecule has 0 aliphatic carbocycles. The Labute approximate surface area is 136 Å². The van der Waals surface area contributed by atoms with Crippen LogP contribution in [0.4, 0.5) is 0 Å². The Bertz CT molecular complexity index is 883. The molecule has 3 heterocycles. The molecule has 9 heteroatoms. The highest BCUT2D eigenvalue weighted by Gasteiger charge is 2.19. The van der Waals surface area contributed by atoms with Gasteiger partial charge in [0.15, 0.2) is 11.6 Å². The van der Waals surface area contributed by atoms with Crippen LogP contribution in [-0.4, -0.2) is 35.1 Å². The molecule has 0 fully saturated rings. The largest absolute Gasteiger partial charge is 0.366 e. The molecule has 0 atom stereocenters. The van der Waals surface area contributed by atoms with E-state index in [0.717, 1.165) is 4.88 Å². The number of nitrogens with zero attached hydrogens (tertiary/aromatic N) is 6. The molecule has 0 unspecified atom stereocenters. The zero-order valence-electron chi connectivity index (χ0n) is 13.1. The Morgan fingerprint density at radius 3 is 2.48 bits per heavy atom. The van der Waals surface area contributed by atoms with Crippen LogP contribution in [0.3, 0.4) is 0 Å². The normalized spacial score (nSPS) is 11.1. The molecule has 0 saturated carbocycles.